The minimum Gasteiger partial charge on any atom is -0.497 e. The number of ether oxygens (including phenoxy) is 1. The van der Waals surface area contributed by atoms with Crippen LogP contribution in [0, 0.1) is 5.92 Å². The number of nitrogens with two attached hydrogens (primary N) is 1. The van der Waals surface area contributed by atoms with E-state index in [1.807, 2.05) is 29.2 Å². The van der Waals surface area contributed by atoms with Gasteiger partial charge in [-0.2, -0.15) is 0 Å². The van der Waals surface area contributed by atoms with Gasteiger partial charge in [0.1, 0.15) is 5.75 Å². The summed E-state index contributed by atoms with van der Waals surface area (Å²) in [5.41, 5.74) is 8.68. The van der Waals surface area contributed by atoms with E-state index in [-0.39, 0.29) is 23.8 Å². The van der Waals surface area contributed by atoms with Crippen molar-refractivity contribution in [1.29, 1.82) is 0 Å². The average molecular weight is 352 g/mol. The summed E-state index contributed by atoms with van der Waals surface area (Å²) < 4.78 is 5.24. The number of hydrogen-bond donors (Lipinski definition) is 1. The number of hydrogen-bond acceptors (Lipinski definition) is 5. The summed E-state index contributed by atoms with van der Waals surface area (Å²) in [5.74, 6) is 1.52. The molecule has 0 bridgehead atoms. The predicted molar refractivity (Wildman–Crippen MR) is 99.5 cm³/mol. The van der Waals surface area contributed by atoms with Gasteiger partial charge in [0, 0.05) is 24.2 Å². The lowest BCUT2D eigenvalue weighted by Gasteiger charge is -2.33. The van der Waals surface area contributed by atoms with Gasteiger partial charge < -0.3 is 15.4 Å². The van der Waals surface area contributed by atoms with Crippen molar-refractivity contribution in [2.45, 2.75) is 38.1 Å². The zero-order valence-electron chi connectivity index (χ0n) is 15.0. The molecule has 0 radical (unpaired) electrons. The molecule has 1 saturated carbocycles. The number of nitrogens with zero attached hydrogens (tertiary/aromatic N) is 3. The van der Waals surface area contributed by atoms with Crippen LogP contribution in [0.15, 0.2) is 30.5 Å². The van der Waals surface area contributed by atoms with E-state index in [1.54, 1.807) is 13.3 Å². The Kier molecular flexibility index (Phi) is 4.49. The highest BCUT2D eigenvalue weighted by molar-refractivity contribution is 5.81. The van der Waals surface area contributed by atoms with Gasteiger partial charge in [-0.15, -0.1) is 0 Å². The van der Waals surface area contributed by atoms with Crippen LogP contribution in [0.4, 0.5) is 5.95 Å². The largest absolute Gasteiger partial charge is 0.497 e. The van der Waals surface area contributed by atoms with Crippen molar-refractivity contribution >= 4 is 11.9 Å². The summed E-state index contributed by atoms with van der Waals surface area (Å²) in [7, 11) is 1.65. The lowest BCUT2D eigenvalue weighted by molar-refractivity contribution is -0.139. The number of likely N-dealkylation sites (tertiary alicyclic amines) is 1. The number of methoxy groups -OCH3 is 1. The van der Waals surface area contributed by atoms with Crippen LogP contribution in [-0.4, -0.2) is 34.4 Å². The molecule has 2 aliphatic rings. The number of rotatable bonds is 4. The molecular formula is C20H24N4O2. The fraction of sp³-hybridized carbons (Fsp3) is 0.450. The number of nitrogen functional groups attached to an aromatic ring is 1. The van der Waals surface area contributed by atoms with Gasteiger partial charge in [-0.05, 0) is 43.4 Å². The molecular weight excluding hydrogens is 328 g/mol. The summed E-state index contributed by atoms with van der Waals surface area (Å²) in [6.45, 7) is 0.798. The summed E-state index contributed by atoms with van der Waals surface area (Å²) >= 11 is 0. The van der Waals surface area contributed by atoms with E-state index in [4.69, 9.17) is 10.5 Å². The third kappa shape index (κ3) is 3.00. The number of carbonyl (C=O) groups is 1. The normalized spacial score (nSPS) is 20.0. The summed E-state index contributed by atoms with van der Waals surface area (Å²) in [6.07, 6.45) is 6.86. The molecule has 2 N–H and O–H groups in total. The van der Waals surface area contributed by atoms with Crippen LogP contribution in [-0.2, 0) is 4.79 Å². The first kappa shape index (κ1) is 16.8. The molecule has 26 heavy (non-hydrogen) atoms. The highest BCUT2D eigenvalue weighted by atomic mass is 16.5. The molecule has 6 heteroatoms. The van der Waals surface area contributed by atoms with Gasteiger partial charge in [0.25, 0.3) is 0 Å². The second-order valence-electron chi connectivity index (χ2n) is 7.07. The second kappa shape index (κ2) is 6.94. The zero-order chi connectivity index (χ0) is 18.1. The van der Waals surface area contributed by atoms with E-state index in [0.29, 0.717) is 0 Å². The fourth-order valence-corrected chi connectivity index (χ4v) is 3.86. The molecule has 1 aliphatic carbocycles. The number of anilines is 1. The molecule has 1 saturated heterocycles. The van der Waals surface area contributed by atoms with E-state index in [2.05, 4.69) is 9.97 Å². The monoisotopic (exact) mass is 352 g/mol. The Balaban J connectivity index is 1.70. The van der Waals surface area contributed by atoms with E-state index in [9.17, 15) is 4.79 Å². The van der Waals surface area contributed by atoms with Crippen molar-refractivity contribution in [2.24, 2.45) is 5.92 Å². The van der Waals surface area contributed by atoms with E-state index < -0.39 is 0 Å². The van der Waals surface area contributed by atoms with Gasteiger partial charge in [0.05, 0.1) is 18.8 Å². The van der Waals surface area contributed by atoms with Crippen LogP contribution in [0.1, 0.15) is 43.8 Å². The summed E-state index contributed by atoms with van der Waals surface area (Å²) in [6, 6.07) is 7.79. The smallest absolute Gasteiger partial charge is 0.226 e. The maximum absolute atomic E-state index is 12.9. The minimum absolute atomic E-state index is 0.0227. The van der Waals surface area contributed by atoms with Gasteiger partial charge in [0.2, 0.25) is 11.9 Å². The van der Waals surface area contributed by atoms with Crippen molar-refractivity contribution in [3.05, 3.63) is 36.2 Å². The Labute approximate surface area is 153 Å². The van der Waals surface area contributed by atoms with Crippen molar-refractivity contribution in [3.8, 4) is 16.9 Å². The van der Waals surface area contributed by atoms with Crippen LogP contribution in [0.3, 0.4) is 0 Å². The molecule has 6 nitrogen and oxygen atoms in total. The molecule has 1 unspecified atom stereocenters. The molecule has 1 aromatic heterocycles. The number of benzene rings is 1. The number of carbonyl (C=O) groups excluding carboxylic acids is 1. The first-order valence-corrected chi connectivity index (χ1v) is 9.24. The first-order valence-electron chi connectivity index (χ1n) is 9.24. The Hall–Kier alpha value is -2.63. The Morgan fingerprint density at radius 1 is 1.19 bits per heavy atom. The van der Waals surface area contributed by atoms with Gasteiger partial charge >= 0.3 is 0 Å². The van der Waals surface area contributed by atoms with Crippen LogP contribution >= 0.6 is 0 Å². The quantitative estimate of drug-likeness (QED) is 0.914. The van der Waals surface area contributed by atoms with E-state index >= 15 is 0 Å². The fourth-order valence-electron chi connectivity index (χ4n) is 3.86. The third-order valence-electron chi connectivity index (χ3n) is 5.54. The first-order chi connectivity index (χ1) is 12.7. The molecule has 4 rings (SSSR count). The minimum atomic E-state index is -0.0227. The Bertz CT molecular complexity index is 802. The van der Waals surface area contributed by atoms with Gasteiger partial charge in [-0.1, -0.05) is 18.6 Å². The van der Waals surface area contributed by atoms with Gasteiger partial charge in [-0.3, -0.25) is 4.79 Å². The molecule has 2 aromatic rings. The molecule has 1 amide bonds. The summed E-state index contributed by atoms with van der Waals surface area (Å²) in [5, 5.41) is 0. The molecule has 1 aliphatic heterocycles. The van der Waals surface area contributed by atoms with E-state index in [0.717, 1.165) is 61.2 Å². The van der Waals surface area contributed by atoms with Crippen molar-refractivity contribution in [1.82, 2.24) is 14.9 Å². The lowest BCUT2D eigenvalue weighted by atomic mass is 9.84. The maximum atomic E-state index is 12.9. The topological polar surface area (TPSA) is 81.3 Å². The van der Waals surface area contributed by atoms with Crippen molar-refractivity contribution in [3.63, 3.8) is 0 Å². The highest BCUT2D eigenvalue weighted by Gasteiger charge is 2.37. The predicted octanol–water partition coefficient (Wildman–Crippen LogP) is 3.20. The molecule has 2 fully saturated rings. The van der Waals surface area contributed by atoms with Crippen LogP contribution in [0.5, 0.6) is 5.75 Å². The van der Waals surface area contributed by atoms with Crippen molar-refractivity contribution in [2.75, 3.05) is 19.4 Å². The van der Waals surface area contributed by atoms with Gasteiger partial charge in [0.15, 0.2) is 0 Å². The standard InChI is InChI=1S/C20H24N4O2/c1-26-15-9-7-13(8-10-15)16-12-22-20(21)23-18(16)17-6-3-11-24(17)19(25)14-4-2-5-14/h7-10,12,14,17H,2-6,11H2,1H3,(H2,21,22,23). The lowest BCUT2D eigenvalue weighted by Crippen LogP contribution is -2.38. The molecule has 1 atom stereocenters. The molecule has 2 heterocycles. The zero-order valence-corrected chi connectivity index (χ0v) is 15.0. The SMILES string of the molecule is COc1ccc(-c2cnc(N)nc2C2CCCN2C(=O)C2CCC2)cc1. The maximum Gasteiger partial charge on any atom is 0.226 e. The molecule has 136 valence electrons. The Morgan fingerprint density at radius 3 is 2.62 bits per heavy atom. The highest BCUT2D eigenvalue weighted by Crippen LogP contribution is 2.40. The average Bonchev–Trinajstić information content (AvgIpc) is 3.10. The number of amides is 1. The van der Waals surface area contributed by atoms with Gasteiger partial charge in [-0.25, -0.2) is 9.97 Å². The molecule has 0 spiro atoms. The van der Waals surface area contributed by atoms with Crippen molar-refractivity contribution < 1.29 is 9.53 Å². The molecule has 1 aromatic carbocycles. The number of aromatic nitrogens is 2. The Morgan fingerprint density at radius 2 is 1.96 bits per heavy atom. The van der Waals surface area contributed by atoms with Crippen LogP contribution < -0.4 is 10.5 Å². The second-order valence-corrected chi connectivity index (χ2v) is 7.07. The summed E-state index contributed by atoms with van der Waals surface area (Å²) in [4.78, 5) is 23.6. The third-order valence-corrected chi connectivity index (χ3v) is 5.54. The van der Waals surface area contributed by atoms with Crippen LogP contribution in [0.2, 0.25) is 0 Å². The van der Waals surface area contributed by atoms with Crippen LogP contribution in [0.25, 0.3) is 11.1 Å². The van der Waals surface area contributed by atoms with E-state index in [1.165, 1.54) is 0 Å².